The number of carbonyl (C=O) groups excluding carboxylic acids is 1. The van der Waals surface area contributed by atoms with Gasteiger partial charge in [-0.05, 0) is 49.9 Å². The highest BCUT2D eigenvalue weighted by molar-refractivity contribution is 5.84. The van der Waals surface area contributed by atoms with Gasteiger partial charge in [0.15, 0.2) is 0 Å². The smallest absolute Gasteiger partial charge is 0.317 e. The van der Waals surface area contributed by atoms with E-state index < -0.39 is 5.97 Å². The minimum absolute atomic E-state index is 0.0598. The Morgan fingerprint density at radius 2 is 2.11 bits per heavy atom. The SMILES string of the molecule is CCN(CC(=O)O)C1CC(NC(=O)NCCc2c[nH]c3cc(C)ccc23)C1. The second-order valence-electron chi connectivity index (χ2n) is 7.29. The van der Waals surface area contributed by atoms with E-state index in [1.54, 1.807) is 0 Å². The van der Waals surface area contributed by atoms with Crippen molar-refractivity contribution in [3.05, 3.63) is 35.5 Å². The number of aryl methyl sites for hydroxylation is 1. The molecule has 2 amide bonds. The fraction of sp³-hybridized carbons (Fsp3) is 0.500. The second-order valence-corrected chi connectivity index (χ2v) is 7.29. The van der Waals surface area contributed by atoms with Crippen molar-refractivity contribution in [3.8, 4) is 0 Å². The van der Waals surface area contributed by atoms with E-state index in [4.69, 9.17) is 5.11 Å². The van der Waals surface area contributed by atoms with Crippen molar-refractivity contribution >= 4 is 22.9 Å². The number of carboxylic acids is 1. The van der Waals surface area contributed by atoms with Crippen LogP contribution in [0.5, 0.6) is 0 Å². The molecule has 4 N–H and O–H groups in total. The van der Waals surface area contributed by atoms with Crippen LogP contribution in [-0.2, 0) is 11.2 Å². The highest BCUT2D eigenvalue weighted by Gasteiger charge is 2.34. The summed E-state index contributed by atoms with van der Waals surface area (Å²) in [6, 6.07) is 6.53. The van der Waals surface area contributed by atoms with Crippen LogP contribution in [0.3, 0.4) is 0 Å². The Morgan fingerprint density at radius 3 is 2.81 bits per heavy atom. The second kappa shape index (κ2) is 8.43. The Bertz CT molecular complexity index is 811. The summed E-state index contributed by atoms with van der Waals surface area (Å²) in [6.45, 7) is 5.37. The molecule has 27 heavy (non-hydrogen) atoms. The number of carbonyl (C=O) groups is 2. The molecule has 3 rings (SSSR count). The van der Waals surface area contributed by atoms with E-state index in [0.717, 1.165) is 24.8 Å². The maximum Gasteiger partial charge on any atom is 0.317 e. The molecule has 7 nitrogen and oxygen atoms in total. The van der Waals surface area contributed by atoms with E-state index >= 15 is 0 Å². The molecule has 1 saturated carbocycles. The average molecular weight is 372 g/mol. The average Bonchev–Trinajstić information content (AvgIpc) is 2.98. The van der Waals surface area contributed by atoms with E-state index in [9.17, 15) is 9.59 Å². The summed E-state index contributed by atoms with van der Waals surface area (Å²) < 4.78 is 0. The largest absolute Gasteiger partial charge is 0.480 e. The molecule has 1 aromatic carbocycles. The van der Waals surface area contributed by atoms with Gasteiger partial charge in [-0.2, -0.15) is 0 Å². The molecule has 0 aliphatic heterocycles. The highest BCUT2D eigenvalue weighted by Crippen LogP contribution is 2.25. The molecule has 146 valence electrons. The summed E-state index contributed by atoms with van der Waals surface area (Å²) in [5.74, 6) is -0.807. The fourth-order valence-corrected chi connectivity index (χ4v) is 3.73. The van der Waals surface area contributed by atoms with Crippen molar-refractivity contribution in [3.63, 3.8) is 0 Å². The standard InChI is InChI=1S/C20H28N4O3/c1-3-24(12-19(25)26)16-9-15(10-16)23-20(27)21-7-6-14-11-22-18-8-13(2)4-5-17(14)18/h4-5,8,11,15-16,22H,3,6-7,9-10,12H2,1-2H3,(H,25,26)(H2,21,23,27). The molecule has 0 saturated heterocycles. The van der Waals surface area contributed by atoms with E-state index in [1.165, 1.54) is 16.5 Å². The quantitative estimate of drug-likeness (QED) is 0.571. The van der Waals surface area contributed by atoms with Crippen molar-refractivity contribution in [1.29, 1.82) is 0 Å². The first-order valence-corrected chi connectivity index (χ1v) is 9.53. The van der Waals surface area contributed by atoms with Crippen molar-refractivity contribution < 1.29 is 14.7 Å². The van der Waals surface area contributed by atoms with Crippen LogP contribution < -0.4 is 10.6 Å². The summed E-state index contributed by atoms with van der Waals surface area (Å²) in [6.07, 6.45) is 4.38. The van der Waals surface area contributed by atoms with Gasteiger partial charge in [-0.25, -0.2) is 4.79 Å². The minimum atomic E-state index is -0.807. The Kier molecular flexibility index (Phi) is 6.01. The third kappa shape index (κ3) is 4.80. The normalized spacial score (nSPS) is 19.1. The number of urea groups is 1. The molecule has 0 unspecified atom stereocenters. The van der Waals surface area contributed by atoms with Crippen LogP contribution >= 0.6 is 0 Å². The number of hydrogen-bond donors (Lipinski definition) is 4. The van der Waals surface area contributed by atoms with E-state index in [0.29, 0.717) is 13.1 Å². The third-order valence-electron chi connectivity index (χ3n) is 5.31. The minimum Gasteiger partial charge on any atom is -0.480 e. The summed E-state index contributed by atoms with van der Waals surface area (Å²) in [7, 11) is 0. The van der Waals surface area contributed by atoms with Crippen LogP contribution in [0, 0.1) is 6.92 Å². The number of benzene rings is 1. The van der Waals surface area contributed by atoms with Gasteiger partial charge in [0, 0.05) is 35.7 Å². The zero-order valence-corrected chi connectivity index (χ0v) is 15.9. The van der Waals surface area contributed by atoms with Gasteiger partial charge in [0.05, 0.1) is 6.54 Å². The van der Waals surface area contributed by atoms with Crippen LogP contribution in [0.15, 0.2) is 24.4 Å². The molecule has 0 radical (unpaired) electrons. The molecular formula is C20H28N4O3. The number of nitrogens with one attached hydrogen (secondary N) is 3. The molecule has 0 bridgehead atoms. The van der Waals surface area contributed by atoms with E-state index in [2.05, 4.69) is 40.7 Å². The number of rotatable bonds is 8. The van der Waals surface area contributed by atoms with Gasteiger partial charge in [-0.1, -0.05) is 19.1 Å². The molecule has 2 aromatic rings. The van der Waals surface area contributed by atoms with Gasteiger partial charge >= 0.3 is 12.0 Å². The Hall–Kier alpha value is -2.54. The molecule has 0 atom stereocenters. The lowest BCUT2D eigenvalue weighted by atomic mass is 9.85. The number of aromatic nitrogens is 1. The van der Waals surface area contributed by atoms with E-state index in [1.807, 2.05) is 18.0 Å². The van der Waals surface area contributed by atoms with Crippen LogP contribution in [0.2, 0.25) is 0 Å². The first-order chi connectivity index (χ1) is 13.0. The topological polar surface area (TPSA) is 97.5 Å². The maximum absolute atomic E-state index is 12.1. The summed E-state index contributed by atoms with van der Waals surface area (Å²) in [5, 5.41) is 16.0. The lowest BCUT2D eigenvalue weighted by molar-refractivity contribution is -0.139. The molecule has 0 spiro atoms. The van der Waals surface area contributed by atoms with Crippen LogP contribution in [0.25, 0.3) is 10.9 Å². The number of amides is 2. The van der Waals surface area contributed by atoms with Crippen LogP contribution in [0.1, 0.15) is 30.9 Å². The van der Waals surface area contributed by atoms with Crippen molar-refractivity contribution in [1.82, 2.24) is 20.5 Å². The van der Waals surface area contributed by atoms with Gasteiger partial charge in [0.1, 0.15) is 0 Å². The number of aliphatic carboxylic acids is 1. The van der Waals surface area contributed by atoms with Crippen molar-refractivity contribution in [2.45, 2.75) is 45.2 Å². The number of carboxylic acid groups (broad SMARTS) is 1. The maximum atomic E-state index is 12.1. The number of aromatic amines is 1. The van der Waals surface area contributed by atoms with Crippen molar-refractivity contribution in [2.75, 3.05) is 19.6 Å². The lowest BCUT2D eigenvalue weighted by Gasteiger charge is -2.42. The molecule has 1 fully saturated rings. The van der Waals surface area contributed by atoms with Crippen molar-refractivity contribution in [2.24, 2.45) is 0 Å². The molecule has 1 heterocycles. The van der Waals surface area contributed by atoms with Gasteiger partial charge in [0.2, 0.25) is 0 Å². The summed E-state index contributed by atoms with van der Waals surface area (Å²) in [4.78, 5) is 28.2. The van der Waals surface area contributed by atoms with E-state index in [-0.39, 0.29) is 24.7 Å². The van der Waals surface area contributed by atoms with Gasteiger partial charge in [-0.3, -0.25) is 9.69 Å². The van der Waals surface area contributed by atoms with Gasteiger partial charge in [0.25, 0.3) is 0 Å². The zero-order chi connectivity index (χ0) is 19.4. The lowest BCUT2D eigenvalue weighted by Crippen LogP contribution is -2.56. The first kappa shape index (κ1) is 19.2. The predicted molar refractivity (Wildman–Crippen MR) is 105 cm³/mol. The van der Waals surface area contributed by atoms with Crippen LogP contribution in [-0.4, -0.2) is 58.7 Å². The summed E-state index contributed by atoms with van der Waals surface area (Å²) in [5.41, 5.74) is 3.54. The Labute approximate surface area is 159 Å². The molecule has 7 heteroatoms. The molecular weight excluding hydrogens is 344 g/mol. The molecule has 1 aliphatic rings. The Morgan fingerprint density at radius 1 is 1.33 bits per heavy atom. The molecule has 1 aliphatic carbocycles. The summed E-state index contributed by atoms with van der Waals surface area (Å²) >= 11 is 0. The van der Waals surface area contributed by atoms with Gasteiger partial charge in [-0.15, -0.1) is 0 Å². The monoisotopic (exact) mass is 372 g/mol. The number of nitrogens with zero attached hydrogens (tertiary/aromatic N) is 1. The number of H-pyrrole nitrogens is 1. The number of hydrogen-bond acceptors (Lipinski definition) is 3. The predicted octanol–water partition coefficient (Wildman–Crippen LogP) is 2.26. The molecule has 1 aromatic heterocycles. The Balaban J connectivity index is 1.39. The van der Waals surface area contributed by atoms with Gasteiger partial charge < -0.3 is 20.7 Å². The number of fused-ring (bicyclic) bond motifs is 1. The third-order valence-corrected chi connectivity index (χ3v) is 5.31. The van der Waals surface area contributed by atoms with Crippen LogP contribution in [0.4, 0.5) is 4.79 Å². The number of likely N-dealkylation sites (N-methyl/N-ethyl adjacent to an activating group) is 1. The zero-order valence-electron chi connectivity index (χ0n) is 15.9. The fourth-order valence-electron chi connectivity index (χ4n) is 3.73. The first-order valence-electron chi connectivity index (χ1n) is 9.53. The highest BCUT2D eigenvalue weighted by atomic mass is 16.4.